The minimum Gasteiger partial charge on any atom is -0.402 e. The van der Waals surface area contributed by atoms with Crippen LogP contribution in [0.5, 0.6) is 0 Å². The zero-order valence-electron chi connectivity index (χ0n) is 13.7. The second kappa shape index (κ2) is 7.09. The maximum atomic E-state index is 12.1. The van der Waals surface area contributed by atoms with Crippen LogP contribution in [0.1, 0.15) is 16.7 Å². The van der Waals surface area contributed by atoms with E-state index >= 15 is 0 Å². The highest BCUT2D eigenvalue weighted by atomic mass is 79.9. The SMILES string of the molecule is O=C1OC(c2cccc(Br)c2)=N/C1=C\c1cnn(Cc2ccccc2)c1. The second-order valence-corrected chi connectivity index (χ2v) is 6.72. The first-order valence-corrected chi connectivity index (χ1v) is 8.81. The Kier molecular flexibility index (Phi) is 4.50. The van der Waals surface area contributed by atoms with Gasteiger partial charge in [0, 0.05) is 21.8 Å². The Hall–Kier alpha value is -2.99. The van der Waals surface area contributed by atoms with Gasteiger partial charge in [-0.05, 0) is 29.8 Å². The fourth-order valence-electron chi connectivity index (χ4n) is 2.62. The van der Waals surface area contributed by atoms with Crippen LogP contribution in [0.3, 0.4) is 0 Å². The zero-order valence-corrected chi connectivity index (χ0v) is 15.3. The van der Waals surface area contributed by atoms with Crippen molar-refractivity contribution in [2.75, 3.05) is 0 Å². The minimum absolute atomic E-state index is 0.263. The van der Waals surface area contributed by atoms with Gasteiger partial charge >= 0.3 is 5.97 Å². The monoisotopic (exact) mass is 407 g/mol. The van der Waals surface area contributed by atoms with Crippen LogP contribution in [0, 0.1) is 0 Å². The molecule has 1 aromatic heterocycles. The van der Waals surface area contributed by atoms with Crippen molar-refractivity contribution in [3.8, 4) is 0 Å². The van der Waals surface area contributed by atoms with Gasteiger partial charge in [0.2, 0.25) is 5.90 Å². The lowest BCUT2D eigenvalue weighted by molar-refractivity contribution is -0.129. The van der Waals surface area contributed by atoms with Gasteiger partial charge in [-0.1, -0.05) is 52.3 Å². The van der Waals surface area contributed by atoms with Gasteiger partial charge in [-0.25, -0.2) is 9.79 Å². The Morgan fingerprint density at radius 3 is 2.77 bits per heavy atom. The molecule has 5 nitrogen and oxygen atoms in total. The lowest BCUT2D eigenvalue weighted by Crippen LogP contribution is -2.05. The molecular formula is C20H14BrN3O2. The van der Waals surface area contributed by atoms with Crippen molar-refractivity contribution in [2.45, 2.75) is 6.54 Å². The summed E-state index contributed by atoms with van der Waals surface area (Å²) in [5.41, 5.74) is 2.97. The third kappa shape index (κ3) is 3.65. The first kappa shape index (κ1) is 16.5. The van der Waals surface area contributed by atoms with Gasteiger partial charge in [0.05, 0.1) is 12.7 Å². The van der Waals surface area contributed by atoms with Crippen LogP contribution < -0.4 is 0 Å². The lowest BCUT2D eigenvalue weighted by atomic mass is 10.2. The number of hydrogen-bond acceptors (Lipinski definition) is 4. The Morgan fingerprint density at radius 1 is 1.12 bits per heavy atom. The zero-order chi connectivity index (χ0) is 17.9. The molecule has 2 aromatic carbocycles. The average molecular weight is 408 g/mol. The van der Waals surface area contributed by atoms with Gasteiger partial charge in [-0.2, -0.15) is 5.10 Å². The quantitative estimate of drug-likeness (QED) is 0.484. The molecule has 0 spiro atoms. The van der Waals surface area contributed by atoms with Gasteiger partial charge in [0.25, 0.3) is 0 Å². The third-order valence-corrected chi connectivity index (χ3v) is 4.33. The number of ether oxygens (including phenoxy) is 1. The maximum Gasteiger partial charge on any atom is 0.363 e. The average Bonchev–Trinajstić information content (AvgIpc) is 3.23. The van der Waals surface area contributed by atoms with E-state index in [2.05, 4.69) is 26.0 Å². The van der Waals surface area contributed by atoms with E-state index < -0.39 is 5.97 Å². The summed E-state index contributed by atoms with van der Waals surface area (Å²) in [6.45, 7) is 0.668. The van der Waals surface area contributed by atoms with Crippen molar-refractivity contribution >= 4 is 33.9 Å². The molecule has 2 heterocycles. The van der Waals surface area contributed by atoms with Crippen LogP contribution in [0.25, 0.3) is 6.08 Å². The predicted molar refractivity (Wildman–Crippen MR) is 103 cm³/mol. The summed E-state index contributed by atoms with van der Waals surface area (Å²) in [5.74, 6) is -0.157. The summed E-state index contributed by atoms with van der Waals surface area (Å²) in [4.78, 5) is 16.4. The van der Waals surface area contributed by atoms with Gasteiger partial charge in [-0.15, -0.1) is 0 Å². The van der Waals surface area contributed by atoms with Crippen LogP contribution in [0.4, 0.5) is 0 Å². The fourth-order valence-corrected chi connectivity index (χ4v) is 3.02. The largest absolute Gasteiger partial charge is 0.402 e. The van der Waals surface area contributed by atoms with E-state index in [0.717, 1.165) is 21.2 Å². The number of esters is 1. The van der Waals surface area contributed by atoms with E-state index in [1.165, 1.54) is 0 Å². The number of hydrogen-bond donors (Lipinski definition) is 0. The number of aliphatic imine (C=N–C) groups is 1. The van der Waals surface area contributed by atoms with E-state index in [1.54, 1.807) is 12.3 Å². The third-order valence-electron chi connectivity index (χ3n) is 3.84. The molecule has 0 amide bonds. The molecule has 0 unspecified atom stereocenters. The fraction of sp³-hybridized carbons (Fsp3) is 0.0500. The number of cyclic esters (lactones) is 1. The number of nitrogens with zero attached hydrogens (tertiary/aromatic N) is 3. The summed E-state index contributed by atoms with van der Waals surface area (Å²) in [7, 11) is 0. The van der Waals surface area contributed by atoms with Gasteiger partial charge in [0.1, 0.15) is 0 Å². The summed E-state index contributed by atoms with van der Waals surface area (Å²) in [6.07, 6.45) is 5.26. The molecule has 0 fully saturated rings. The van der Waals surface area contributed by atoms with Gasteiger partial charge < -0.3 is 4.74 Å². The van der Waals surface area contributed by atoms with E-state index in [1.807, 2.05) is 65.5 Å². The molecule has 0 bridgehead atoms. The molecule has 0 radical (unpaired) electrons. The molecule has 0 atom stereocenters. The highest BCUT2D eigenvalue weighted by Crippen LogP contribution is 2.21. The number of aromatic nitrogens is 2. The van der Waals surface area contributed by atoms with E-state index in [9.17, 15) is 4.79 Å². The molecule has 0 saturated heterocycles. The predicted octanol–water partition coefficient (Wildman–Crippen LogP) is 4.04. The van der Waals surface area contributed by atoms with Crippen molar-refractivity contribution in [1.82, 2.24) is 9.78 Å². The highest BCUT2D eigenvalue weighted by molar-refractivity contribution is 9.10. The summed E-state index contributed by atoms with van der Waals surface area (Å²) >= 11 is 3.40. The molecule has 1 aliphatic heterocycles. The smallest absolute Gasteiger partial charge is 0.363 e. The Labute approximate surface area is 158 Å². The minimum atomic E-state index is -0.462. The lowest BCUT2D eigenvalue weighted by Gasteiger charge is -2.00. The molecule has 0 N–H and O–H groups in total. The second-order valence-electron chi connectivity index (χ2n) is 5.80. The molecule has 4 rings (SSSR count). The van der Waals surface area contributed by atoms with E-state index in [-0.39, 0.29) is 5.70 Å². The van der Waals surface area contributed by atoms with Crippen molar-refractivity contribution in [3.05, 3.63) is 93.9 Å². The number of halogens is 1. The molecule has 6 heteroatoms. The molecule has 26 heavy (non-hydrogen) atoms. The Bertz CT molecular complexity index is 1020. The summed E-state index contributed by atoms with van der Waals surface area (Å²) in [5, 5.41) is 4.33. The Balaban J connectivity index is 1.55. The number of carbonyl (C=O) groups excluding carboxylic acids is 1. The first-order chi connectivity index (χ1) is 12.7. The molecule has 3 aromatic rings. The summed E-state index contributed by atoms with van der Waals surface area (Å²) < 4.78 is 8.00. The first-order valence-electron chi connectivity index (χ1n) is 8.02. The standard InChI is InChI=1S/C20H14BrN3O2/c21-17-8-4-7-16(10-17)19-23-18(20(25)26-19)9-15-11-22-24(13-15)12-14-5-2-1-3-6-14/h1-11,13H,12H2/b18-9-. The molecule has 128 valence electrons. The Morgan fingerprint density at radius 2 is 1.96 bits per heavy atom. The van der Waals surface area contributed by atoms with Crippen LogP contribution in [-0.4, -0.2) is 21.6 Å². The molecule has 0 aliphatic carbocycles. The summed E-state index contributed by atoms with van der Waals surface area (Å²) in [6, 6.07) is 17.5. The van der Waals surface area contributed by atoms with Crippen LogP contribution in [-0.2, 0) is 16.1 Å². The van der Waals surface area contributed by atoms with Crippen molar-refractivity contribution in [3.63, 3.8) is 0 Å². The van der Waals surface area contributed by atoms with Crippen LogP contribution >= 0.6 is 15.9 Å². The molecule has 1 aliphatic rings. The van der Waals surface area contributed by atoms with E-state index in [4.69, 9.17) is 4.74 Å². The van der Waals surface area contributed by atoms with Crippen LogP contribution in [0.15, 0.2) is 82.2 Å². The topological polar surface area (TPSA) is 56.5 Å². The number of rotatable bonds is 4. The molecule has 0 saturated carbocycles. The van der Waals surface area contributed by atoms with Crippen molar-refractivity contribution in [1.29, 1.82) is 0 Å². The molecular weight excluding hydrogens is 394 g/mol. The van der Waals surface area contributed by atoms with E-state index in [0.29, 0.717) is 12.4 Å². The van der Waals surface area contributed by atoms with Crippen LogP contribution in [0.2, 0.25) is 0 Å². The normalized spacial score (nSPS) is 15.2. The van der Waals surface area contributed by atoms with Crippen molar-refractivity contribution in [2.24, 2.45) is 4.99 Å². The van der Waals surface area contributed by atoms with Crippen molar-refractivity contribution < 1.29 is 9.53 Å². The maximum absolute atomic E-state index is 12.1. The number of carbonyl (C=O) groups is 1. The van der Waals surface area contributed by atoms with Gasteiger partial charge in [0.15, 0.2) is 5.70 Å². The van der Waals surface area contributed by atoms with Gasteiger partial charge in [-0.3, -0.25) is 4.68 Å². The number of benzene rings is 2. The highest BCUT2D eigenvalue weighted by Gasteiger charge is 2.24.